The van der Waals surface area contributed by atoms with Crippen LogP contribution in [0.5, 0.6) is 0 Å². The Morgan fingerprint density at radius 3 is 2.74 bits per heavy atom. The molecule has 0 aromatic heterocycles. The van der Waals surface area contributed by atoms with Crippen molar-refractivity contribution in [3.8, 4) is 0 Å². The molecule has 1 saturated heterocycles. The number of hydrogen-bond acceptors (Lipinski definition) is 3. The van der Waals surface area contributed by atoms with E-state index in [1.807, 2.05) is 13.8 Å². The van der Waals surface area contributed by atoms with Crippen molar-refractivity contribution >= 4 is 23.4 Å². The van der Waals surface area contributed by atoms with E-state index in [4.69, 9.17) is 16.3 Å². The van der Waals surface area contributed by atoms with Crippen LogP contribution in [0, 0.1) is 5.82 Å². The Balaban J connectivity index is 2.04. The molecule has 0 radical (unpaired) electrons. The number of amides is 1. The summed E-state index contributed by atoms with van der Waals surface area (Å²) in [6.07, 6.45) is 1.59. The first-order valence-electron chi connectivity index (χ1n) is 7.99. The lowest BCUT2D eigenvalue weighted by Gasteiger charge is -2.47. The Kier molecular flexibility index (Phi) is 5.74. The molecule has 1 amide bonds. The van der Waals surface area contributed by atoms with Gasteiger partial charge in [0.15, 0.2) is 0 Å². The average molecular weight is 343 g/mol. The number of benzene rings is 1. The molecular weight excluding hydrogens is 319 g/mol. The monoisotopic (exact) mass is 342 g/mol. The van der Waals surface area contributed by atoms with E-state index in [9.17, 15) is 9.18 Å². The Morgan fingerprint density at radius 2 is 2.13 bits per heavy atom. The minimum atomic E-state index is -0.427. The van der Waals surface area contributed by atoms with Gasteiger partial charge in [0.1, 0.15) is 5.82 Å². The second kappa shape index (κ2) is 7.39. The number of halogens is 2. The zero-order valence-corrected chi connectivity index (χ0v) is 14.7. The van der Waals surface area contributed by atoms with Gasteiger partial charge in [-0.25, -0.2) is 9.18 Å². The summed E-state index contributed by atoms with van der Waals surface area (Å²) < 4.78 is 19.0. The topological polar surface area (TPSA) is 32.8 Å². The Hall–Kier alpha value is -1.49. The molecule has 1 aliphatic rings. The normalized spacial score (nSPS) is 17.3. The van der Waals surface area contributed by atoms with Crippen LogP contribution in [-0.2, 0) is 4.74 Å². The van der Waals surface area contributed by atoms with Gasteiger partial charge in [-0.2, -0.15) is 0 Å². The molecule has 0 N–H and O–H groups in total. The summed E-state index contributed by atoms with van der Waals surface area (Å²) in [5, 5.41) is 0.117. The van der Waals surface area contributed by atoms with Crippen LogP contribution in [0.15, 0.2) is 18.2 Å². The first kappa shape index (κ1) is 17.9. The van der Waals surface area contributed by atoms with Crippen molar-refractivity contribution in [1.82, 2.24) is 4.90 Å². The van der Waals surface area contributed by atoms with E-state index < -0.39 is 11.4 Å². The number of carbonyl (C=O) groups is 1. The minimum absolute atomic E-state index is 0.117. The van der Waals surface area contributed by atoms with Crippen LogP contribution in [0.1, 0.15) is 33.6 Å². The van der Waals surface area contributed by atoms with Gasteiger partial charge in [0.2, 0.25) is 0 Å². The lowest BCUT2D eigenvalue weighted by Crippen LogP contribution is -2.61. The van der Waals surface area contributed by atoms with Crippen molar-refractivity contribution in [3.05, 3.63) is 29.0 Å². The fourth-order valence-electron chi connectivity index (χ4n) is 2.78. The number of unbranched alkanes of at least 4 members (excludes halogenated alkanes) is 1. The molecule has 128 valence electrons. The molecule has 0 bridgehead atoms. The SMILES string of the molecule is CCCCOC(=O)N1CCN(c2ccc(Cl)c(F)c2)CC1(C)C. The van der Waals surface area contributed by atoms with Crippen molar-refractivity contribution in [2.45, 2.75) is 39.2 Å². The Morgan fingerprint density at radius 1 is 1.39 bits per heavy atom. The lowest BCUT2D eigenvalue weighted by molar-refractivity contribution is 0.0553. The van der Waals surface area contributed by atoms with Gasteiger partial charge in [0, 0.05) is 25.3 Å². The van der Waals surface area contributed by atoms with E-state index in [-0.39, 0.29) is 11.1 Å². The van der Waals surface area contributed by atoms with Crippen molar-refractivity contribution < 1.29 is 13.9 Å². The number of nitrogens with zero attached hydrogens (tertiary/aromatic N) is 2. The van der Waals surface area contributed by atoms with Crippen molar-refractivity contribution in [2.75, 3.05) is 31.1 Å². The molecule has 1 aromatic carbocycles. The van der Waals surface area contributed by atoms with E-state index in [1.165, 1.54) is 6.07 Å². The Labute approximate surface area is 142 Å². The maximum absolute atomic E-state index is 13.7. The number of hydrogen-bond donors (Lipinski definition) is 0. The third kappa shape index (κ3) is 4.28. The first-order valence-corrected chi connectivity index (χ1v) is 8.37. The third-order valence-electron chi connectivity index (χ3n) is 4.11. The third-order valence-corrected chi connectivity index (χ3v) is 4.42. The van der Waals surface area contributed by atoms with Gasteiger partial charge in [0.25, 0.3) is 0 Å². The zero-order chi connectivity index (χ0) is 17.0. The number of ether oxygens (including phenoxy) is 1. The van der Waals surface area contributed by atoms with Crippen molar-refractivity contribution in [2.24, 2.45) is 0 Å². The van der Waals surface area contributed by atoms with Crippen LogP contribution in [0.4, 0.5) is 14.9 Å². The second-order valence-corrected chi connectivity index (χ2v) is 6.86. The van der Waals surface area contributed by atoms with Crippen LogP contribution in [0.2, 0.25) is 5.02 Å². The Bertz CT molecular complexity index is 566. The summed E-state index contributed by atoms with van der Waals surface area (Å²) in [7, 11) is 0. The summed E-state index contributed by atoms with van der Waals surface area (Å²) in [4.78, 5) is 16.1. The molecule has 6 heteroatoms. The van der Waals surface area contributed by atoms with Gasteiger partial charge in [0.05, 0.1) is 17.2 Å². The molecule has 1 fully saturated rings. The first-order chi connectivity index (χ1) is 10.8. The molecule has 0 spiro atoms. The molecule has 0 aliphatic carbocycles. The summed E-state index contributed by atoms with van der Waals surface area (Å²) in [5.41, 5.74) is 0.386. The smallest absolute Gasteiger partial charge is 0.410 e. The van der Waals surface area contributed by atoms with Crippen molar-refractivity contribution in [3.63, 3.8) is 0 Å². The van der Waals surface area contributed by atoms with Crippen LogP contribution in [0.3, 0.4) is 0 Å². The van der Waals surface area contributed by atoms with E-state index in [1.54, 1.807) is 17.0 Å². The van der Waals surface area contributed by atoms with Gasteiger partial charge < -0.3 is 9.64 Å². The fraction of sp³-hybridized carbons (Fsp3) is 0.588. The summed E-state index contributed by atoms with van der Waals surface area (Å²) in [6.45, 7) is 8.28. The molecule has 0 atom stereocenters. The summed E-state index contributed by atoms with van der Waals surface area (Å²) in [6, 6.07) is 4.80. The number of rotatable bonds is 4. The van der Waals surface area contributed by atoms with Crippen LogP contribution < -0.4 is 4.90 Å². The van der Waals surface area contributed by atoms with Crippen LogP contribution >= 0.6 is 11.6 Å². The molecule has 23 heavy (non-hydrogen) atoms. The van der Waals surface area contributed by atoms with Crippen LogP contribution in [0.25, 0.3) is 0 Å². The summed E-state index contributed by atoms with van der Waals surface area (Å²) >= 11 is 5.74. The average Bonchev–Trinajstić information content (AvgIpc) is 2.49. The van der Waals surface area contributed by atoms with E-state index >= 15 is 0 Å². The van der Waals surface area contributed by atoms with Crippen molar-refractivity contribution in [1.29, 1.82) is 0 Å². The number of carbonyl (C=O) groups excluding carboxylic acids is 1. The highest BCUT2D eigenvalue weighted by molar-refractivity contribution is 6.30. The molecule has 4 nitrogen and oxygen atoms in total. The highest BCUT2D eigenvalue weighted by Gasteiger charge is 2.37. The van der Waals surface area contributed by atoms with E-state index in [2.05, 4.69) is 11.8 Å². The maximum atomic E-state index is 13.7. The van der Waals surface area contributed by atoms with Gasteiger partial charge >= 0.3 is 6.09 Å². The molecule has 1 aliphatic heterocycles. The van der Waals surface area contributed by atoms with Crippen LogP contribution in [-0.4, -0.2) is 42.8 Å². The standard InChI is InChI=1S/C17H24ClFN2O2/c1-4-5-10-23-16(22)21-9-8-20(12-17(21,2)3)13-6-7-14(18)15(19)11-13/h6-7,11H,4-5,8-10,12H2,1-3H3. The fourth-order valence-corrected chi connectivity index (χ4v) is 2.89. The predicted molar refractivity (Wildman–Crippen MR) is 90.7 cm³/mol. The van der Waals surface area contributed by atoms with Gasteiger partial charge in [-0.1, -0.05) is 24.9 Å². The summed E-state index contributed by atoms with van der Waals surface area (Å²) in [5.74, 6) is -0.427. The zero-order valence-electron chi connectivity index (χ0n) is 13.9. The maximum Gasteiger partial charge on any atom is 0.410 e. The second-order valence-electron chi connectivity index (χ2n) is 6.45. The minimum Gasteiger partial charge on any atom is -0.449 e. The largest absolute Gasteiger partial charge is 0.449 e. The lowest BCUT2D eigenvalue weighted by atomic mass is 9.99. The quantitative estimate of drug-likeness (QED) is 0.764. The van der Waals surface area contributed by atoms with Gasteiger partial charge in [-0.3, -0.25) is 4.90 Å². The molecule has 1 heterocycles. The molecule has 0 unspecified atom stereocenters. The number of piperazine rings is 1. The highest BCUT2D eigenvalue weighted by atomic mass is 35.5. The molecule has 1 aromatic rings. The van der Waals surface area contributed by atoms with Gasteiger partial charge in [-0.15, -0.1) is 0 Å². The van der Waals surface area contributed by atoms with E-state index in [0.717, 1.165) is 18.5 Å². The molecule has 2 rings (SSSR count). The highest BCUT2D eigenvalue weighted by Crippen LogP contribution is 2.28. The van der Waals surface area contributed by atoms with E-state index in [0.29, 0.717) is 26.2 Å². The predicted octanol–water partition coefficient (Wildman–Crippen LogP) is 4.32. The molecular formula is C17H24ClFN2O2. The molecule has 0 saturated carbocycles. The number of anilines is 1. The van der Waals surface area contributed by atoms with Gasteiger partial charge in [-0.05, 0) is 38.5 Å².